The van der Waals surface area contributed by atoms with Gasteiger partial charge in [0.15, 0.2) is 0 Å². The minimum absolute atomic E-state index is 0.346. The van der Waals surface area contributed by atoms with Gasteiger partial charge in [0, 0.05) is 29.1 Å². The maximum absolute atomic E-state index is 11.0. The molecule has 1 saturated carbocycles. The van der Waals surface area contributed by atoms with E-state index in [0.29, 0.717) is 10.8 Å². The first-order valence-electron chi connectivity index (χ1n) is 8.18. The molecule has 1 aromatic carbocycles. The van der Waals surface area contributed by atoms with Gasteiger partial charge >= 0.3 is 5.97 Å². The van der Waals surface area contributed by atoms with Crippen molar-refractivity contribution in [3.63, 3.8) is 0 Å². The summed E-state index contributed by atoms with van der Waals surface area (Å²) in [6.07, 6.45) is 12.3. The smallest absolute Gasteiger partial charge is 0.335 e. The highest BCUT2D eigenvalue weighted by Crippen LogP contribution is 2.37. The maximum Gasteiger partial charge on any atom is 0.335 e. The summed E-state index contributed by atoms with van der Waals surface area (Å²) in [6.45, 7) is 0.954. The van der Waals surface area contributed by atoms with Crippen LogP contribution in [0.3, 0.4) is 0 Å². The lowest BCUT2D eigenvalue weighted by molar-refractivity contribution is 0.0697. The van der Waals surface area contributed by atoms with Crippen molar-refractivity contribution in [1.29, 1.82) is 0 Å². The number of carboxylic acids is 1. The Kier molecular flexibility index (Phi) is 5.39. The van der Waals surface area contributed by atoms with E-state index >= 15 is 0 Å². The molecule has 122 valence electrons. The Labute approximate surface area is 140 Å². The lowest BCUT2D eigenvalue weighted by Gasteiger charge is -2.30. The van der Waals surface area contributed by atoms with Gasteiger partial charge in [-0.1, -0.05) is 19.3 Å². The molecule has 1 N–H and O–H groups in total. The van der Waals surface area contributed by atoms with E-state index in [1.54, 1.807) is 12.1 Å². The quantitative estimate of drug-likeness (QED) is 0.801. The summed E-state index contributed by atoms with van der Waals surface area (Å²) in [7, 11) is 0. The van der Waals surface area contributed by atoms with Crippen molar-refractivity contribution in [3.8, 4) is 0 Å². The van der Waals surface area contributed by atoms with E-state index in [9.17, 15) is 4.79 Å². The average molecular weight is 330 g/mol. The molecular weight excluding hydrogens is 308 g/mol. The van der Waals surface area contributed by atoms with Crippen molar-refractivity contribution in [1.82, 2.24) is 9.55 Å². The van der Waals surface area contributed by atoms with E-state index in [1.807, 2.05) is 42.6 Å². The van der Waals surface area contributed by atoms with Crippen LogP contribution in [-0.2, 0) is 6.54 Å². The van der Waals surface area contributed by atoms with Crippen LogP contribution in [-0.4, -0.2) is 25.9 Å². The monoisotopic (exact) mass is 330 g/mol. The van der Waals surface area contributed by atoms with E-state index in [-0.39, 0.29) is 0 Å². The number of aromatic nitrogens is 2. The maximum atomic E-state index is 11.0. The van der Waals surface area contributed by atoms with Crippen LogP contribution in [0.25, 0.3) is 0 Å². The number of imidazole rings is 1. The van der Waals surface area contributed by atoms with Crippen molar-refractivity contribution < 1.29 is 9.90 Å². The molecule has 4 nitrogen and oxygen atoms in total. The zero-order valence-electron chi connectivity index (χ0n) is 13.1. The Bertz CT molecular complexity index is 619. The second-order valence-electron chi connectivity index (χ2n) is 6.14. The van der Waals surface area contributed by atoms with Gasteiger partial charge in [0.05, 0.1) is 11.9 Å². The lowest BCUT2D eigenvalue weighted by atomic mass is 9.86. The summed E-state index contributed by atoms with van der Waals surface area (Å²) in [5.74, 6) is -0.154. The Morgan fingerprint density at radius 1 is 1.26 bits per heavy atom. The number of hydrogen-bond donors (Lipinski definition) is 1. The van der Waals surface area contributed by atoms with Gasteiger partial charge in [0.2, 0.25) is 0 Å². The standard InChI is InChI=1S/C18H22N2O2S/c21-18(22)15-6-8-16(9-7-15)23-17(12-20-11-10-19-13-20)14-4-2-1-3-5-14/h6-11,13-14,17H,1-5,12H2,(H,21,22). The molecule has 0 radical (unpaired) electrons. The zero-order valence-corrected chi connectivity index (χ0v) is 13.9. The molecule has 1 fully saturated rings. The van der Waals surface area contributed by atoms with Crippen LogP contribution in [0.15, 0.2) is 47.9 Å². The van der Waals surface area contributed by atoms with E-state index < -0.39 is 5.97 Å². The summed E-state index contributed by atoms with van der Waals surface area (Å²) in [5, 5.41) is 9.52. The number of thioether (sulfide) groups is 1. The first kappa shape index (κ1) is 16.1. The van der Waals surface area contributed by atoms with Crippen molar-refractivity contribution >= 4 is 17.7 Å². The van der Waals surface area contributed by atoms with Crippen molar-refractivity contribution in [2.24, 2.45) is 5.92 Å². The van der Waals surface area contributed by atoms with E-state index in [1.165, 1.54) is 32.1 Å². The lowest BCUT2D eigenvalue weighted by Crippen LogP contribution is -2.24. The highest BCUT2D eigenvalue weighted by atomic mass is 32.2. The van der Waals surface area contributed by atoms with Gasteiger partial charge in [-0.05, 0) is 43.0 Å². The molecule has 1 atom stereocenters. The molecule has 23 heavy (non-hydrogen) atoms. The van der Waals surface area contributed by atoms with Crippen LogP contribution in [0.1, 0.15) is 42.5 Å². The number of carboxylic acid groups (broad SMARTS) is 1. The van der Waals surface area contributed by atoms with Gasteiger partial charge < -0.3 is 9.67 Å². The summed E-state index contributed by atoms with van der Waals surface area (Å²) in [5.41, 5.74) is 0.346. The Hall–Kier alpha value is -1.75. The average Bonchev–Trinajstić information content (AvgIpc) is 3.09. The Morgan fingerprint density at radius 3 is 2.61 bits per heavy atom. The predicted molar refractivity (Wildman–Crippen MR) is 91.8 cm³/mol. The van der Waals surface area contributed by atoms with E-state index in [2.05, 4.69) is 9.55 Å². The van der Waals surface area contributed by atoms with Gasteiger partial charge in [-0.25, -0.2) is 9.78 Å². The van der Waals surface area contributed by atoms with Crippen molar-refractivity contribution in [2.75, 3.05) is 0 Å². The van der Waals surface area contributed by atoms with Gasteiger partial charge in [0.25, 0.3) is 0 Å². The molecular formula is C18H22N2O2S. The van der Waals surface area contributed by atoms with Gasteiger partial charge in [-0.2, -0.15) is 0 Å². The molecule has 1 aromatic heterocycles. The summed E-state index contributed by atoms with van der Waals surface area (Å²) >= 11 is 1.87. The summed E-state index contributed by atoms with van der Waals surface area (Å²) in [4.78, 5) is 16.3. The zero-order chi connectivity index (χ0) is 16.1. The van der Waals surface area contributed by atoms with E-state index in [4.69, 9.17) is 5.11 Å². The number of nitrogens with zero attached hydrogens (tertiary/aromatic N) is 2. The highest BCUT2D eigenvalue weighted by molar-refractivity contribution is 8.00. The number of aromatic carboxylic acids is 1. The first-order chi connectivity index (χ1) is 11.2. The third-order valence-corrected chi connectivity index (χ3v) is 5.90. The fourth-order valence-electron chi connectivity index (χ4n) is 3.24. The molecule has 0 spiro atoms. The topological polar surface area (TPSA) is 55.1 Å². The van der Waals surface area contributed by atoms with Gasteiger partial charge in [0.1, 0.15) is 0 Å². The van der Waals surface area contributed by atoms with E-state index in [0.717, 1.165) is 17.4 Å². The van der Waals surface area contributed by atoms with Crippen molar-refractivity contribution in [2.45, 2.75) is 48.8 Å². The SMILES string of the molecule is O=C(O)c1ccc(SC(Cn2ccnc2)C2CCCCC2)cc1. The predicted octanol–water partition coefficient (Wildman–Crippen LogP) is 4.32. The van der Waals surface area contributed by atoms with Gasteiger partial charge in [-0.15, -0.1) is 11.8 Å². The molecule has 0 aliphatic heterocycles. The Balaban J connectivity index is 1.72. The first-order valence-corrected chi connectivity index (χ1v) is 9.06. The highest BCUT2D eigenvalue weighted by Gasteiger charge is 2.25. The minimum atomic E-state index is -0.871. The molecule has 0 amide bonds. The fourth-order valence-corrected chi connectivity index (χ4v) is 4.60. The third kappa shape index (κ3) is 4.38. The Morgan fingerprint density at radius 2 is 2.00 bits per heavy atom. The molecule has 1 heterocycles. The van der Waals surface area contributed by atoms with Crippen LogP contribution >= 0.6 is 11.8 Å². The number of rotatable bonds is 6. The number of hydrogen-bond acceptors (Lipinski definition) is 3. The van der Waals surface area contributed by atoms with Gasteiger partial charge in [-0.3, -0.25) is 0 Å². The molecule has 1 aliphatic rings. The normalized spacial score (nSPS) is 17.0. The second-order valence-corrected chi connectivity index (χ2v) is 7.46. The van der Waals surface area contributed by atoms with Crippen LogP contribution in [0.5, 0.6) is 0 Å². The van der Waals surface area contributed by atoms with Crippen LogP contribution in [0.4, 0.5) is 0 Å². The molecule has 1 aliphatic carbocycles. The summed E-state index contributed by atoms with van der Waals surface area (Å²) < 4.78 is 2.15. The van der Waals surface area contributed by atoms with Crippen LogP contribution < -0.4 is 0 Å². The molecule has 5 heteroatoms. The fraction of sp³-hybridized carbons (Fsp3) is 0.444. The molecule has 3 rings (SSSR count). The van der Waals surface area contributed by atoms with Crippen LogP contribution in [0, 0.1) is 5.92 Å². The van der Waals surface area contributed by atoms with Crippen LogP contribution in [0.2, 0.25) is 0 Å². The molecule has 1 unspecified atom stereocenters. The third-order valence-electron chi connectivity index (χ3n) is 4.51. The number of carbonyl (C=O) groups is 1. The second kappa shape index (κ2) is 7.68. The minimum Gasteiger partial charge on any atom is -0.478 e. The molecule has 0 bridgehead atoms. The largest absolute Gasteiger partial charge is 0.478 e. The number of benzene rings is 1. The molecule has 0 saturated heterocycles. The summed E-state index contributed by atoms with van der Waals surface area (Å²) in [6, 6.07) is 7.25. The van der Waals surface area contributed by atoms with Crippen molar-refractivity contribution in [3.05, 3.63) is 48.5 Å². The molecule has 2 aromatic rings.